The van der Waals surface area contributed by atoms with Crippen molar-refractivity contribution in [1.82, 2.24) is 0 Å². The Bertz CT molecular complexity index is 728. The molecule has 0 aromatic heterocycles. The highest BCUT2D eigenvalue weighted by Gasteiger charge is 2.69. The van der Waals surface area contributed by atoms with Gasteiger partial charge in [0.2, 0.25) is 0 Å². The first kappa shape index (κ1) is 21.6. The van der Waals surface area contributed by atoms with Crippen molar-refractivity contribution in [2.24, 2.45) is 62.6 Å². The molecule has 5 rings (SSSR count). The smallest absolute Gasteiger partial charge is 0.00795 e. The molecular weight excluding hydrogens is 360 g/mol. The van der Waals surface area contributed by atoms with E-state index in [9.17, 15) is 0 Å². The third kappa shape index (κ3) is 2.52. The molecule has 5 aliphatic carbocycles. The maximum atomic E-state index is 2.79. The van der Waals surface area contributed by atoms with Gasteiger partial charge in [-0.1, -0.05) is 67.5 Å². The molecule has 0 aromatic rings. The van der Waals surface area contributed by atoms with Crippen LogP contribution in [0.2, 0.25) is 0 Å². The van der Waals surface area contributed by atoms with E-state index in [1.165, 1.54) is 57.8 Å². The van der Waals surface area contributed by atoms with Gasteiger partial charge in [-0.25, -0.2) is 0 Å². The zero-order chi connectivity index (χ0) is 21.7. The minimum absolute atomic E-state index is 0.413. The highest BCUT2D eigenvalue weighted by atomic mass is 14.7. The highest BCUT2D eigenvalue weighted by Crippen LogP contribution is 2.76. The Morgan fingerprint density at radius 1 is 0.733 bits per heavy atom. The Balaban J connectivity index is 1.56. The summed E-state index contributed by atoms with van der Waals surface area (Å²) in [6.07, 6.45) is 18.5. The fourth-order valence-electron chi connectivity index (χ4n) is 11.3. The monoisotopic (exact) mass is 410 g/mol. The summed E-state index contributed by atoms with van der Waals surface area (Å²) in [5.74, 6) is 5.53. The number of fused-ring (bicyclic) bond motifs is 7. The molecule has 170 valence electrons. The van der Waals surface area contributed by atoms with Gasteiger partial charge in [0.25, 0.3) is 0 Å². The van der Waals surface area contributed by atoms with Crippen LogP contribution in [0, 0.1) is 62.6 Å². The van der Waals surface area contributed by atoms with Crippen molar-refractivity contribution in [2.45, 2.75) is 113 Å². The Morgan fingerprint density at radius 3 is 2.17 bits per heavy atom. The summed E-state index contributed by atoms with van der Waals surface area (Å²) >= 11 is 0. The van der Waals surface area contributed by atoms with E-state index < -0.39 is 0 Å². The standard InChI is InChI=1S/C30H50/c1-20(2)21-12-16-27(5)18-19-29(7)22(25(21)27)10-11-24-28(6)15-9-14-26(3,4)23(28)13-17-30(24,29)8/h9,15,20-25H,10-14,16-19H2,1-8H3. The second-order valence-corrected chi connectivity index (χ2v) is 14.8. The van der Waals surface area contributed by atoms with Gasteiger partial charge in [0.05, 0.1) is 0 Å². The van der Waals surface area contributed by atoms with Crippen LogP contribution in [0.5, 0.6) is 0 Å². The van der Waals surface area contributed by atoms with E-state index in [1.807, 2.05) is 0 Å². The molecule has 30 heavy (non-hydrogen) atoms. The predicted molar refractivity (Wildman–Crippen MR) is 129 cm³/mol. The molecule has 0 bridgehead atoms. The highest BCUT2D eigenvalue weighted by molar-refractivity contribution is 5.23. The minimum Gasteiger partial charge on any atom is -0.0874 e. The molecule has 5 aliphatic rings. The first-order chi connectivity index (χ1) is 13.9. The molecule has 9 unspecified atom stereocenters. The lowest BCUT2D eigenvalue weighted by Crippen LogP contribution is -2.64. The van der Waals surface area contributed by atoms with E-state index in [1.54, 1.807) is 0 Å². The molecule has 0 spiro atoms. The molecule has 0 nitrogen and oxygen atoms in total. The Labute approximate surface area is 188 Å². The van der Waals surface area contributed by atoms with Gasteiger partial charge in [-0.2, -0.15) is 0 Å². The van der Waals surface area contributed by atoms with Crippen molar-refractivity contribution in [2.75, 3.05) is 0 Å². The Morgan fingerprint density at radius 2 is 1.47 bits per heavy atom. The maximum Gasteiger partial charge on any atom is -0.00795 e. The molecule has 0 radical (unpaired) electrons. The zero-order valence-corrected chi connectivity index (χ0v) is 21.5. The van der Waals surface area contributed by atoms with Crippen molar-refractivity contribution in [3.63, 3.8) is 0 Å². The van der Waals surface area contributed by atoms with Gasteiger partial charge in [0.1, 0.15) is 0 Å². The summed E-state index contributed by atoms with van der Waals surface area (Å²) in [6.45, 7) is 21.1. The molecule has 0 heteroatoms. The van der Waals surface area contributed by atoms with E-state index in [0.717, 1.165) is 35.5 Å². The summed E-state index contributed by atoms with van der Waals surface area (Å²) in [7, 11) is 0. The first-order valence-electron chi connectivity index (χ1n) is 13.6. The molecule has 0 saturated heterocycles. The van der Waals surface area contributed by atoms with Crippen LogP contribution in [0.4, 0.5) is 0 Å². The Hall–Kier alpha value is -0.260. The number of rotatable bonds is 1. The summed E-state index contributed by atoms with van der Waals surface area (Å²) < 4.78 is 0. The van der Waals surface area contributed by atoms with Gasteiger partial charge >= 0.3 is 0 Å². The van der Waals surface area contributed by atoms with Crippen molar-refractivity contribution >= 4 is 0 Å². The van der Waals surface area contributed by atoms with Crippen LogP contribution in [0.1, 0.15) is 113 Å². The molecule has 4 fully saturated rings. The lowest BCUT2D eigenvalue weighted by molar-refractivity contribution is -0.219. The fraction of sp³-hybridized carbons (Fsp3) is 0.933. The van der Waals surface area contributed by atoms with Gasteiger partial charge in [-0.05, 0) is 120 Å². The van der Waals surface area contributed by atoms with Gasteiger partial charge in [-0.15, -0.1) is 0 Å². The van der Waals surface area contributed by atoms with Crippen LogP contribution in [0.15, 0.2) is 12.2 Å². The van der Waals surface area contributed by atoms with E-state index >= 15 is 0 Å². The van der Waals surface area contributed by atoms with Crippen LogP contribution in [0.3, 0.4) is 0 Å². The molecule has 0 heterocycles. The third-order valence-corrected chi connectivity index (χ3v) is 13.0. The largest absolute Gasteiger partial charge is 0.0874 e. The van der Waals surface area contributed by atoms with Gasteiger partial charge < -0.3 is 0 Å². The zero-order valence-electron chi connectivity index (χ0n) is 21.5. The molecule has 0 amide bonds. The Kier molecular flexibility index (Phi) is 4.61. The molecule has 0 aliphatic heterocycles. The number of hydrogen-bond donors (Lipinski definition) is 0. The normalized spacial score (nSPS) is 56.8. The summed E-state index contributed by atoms with van der Waals surface area (Å²) in [5, 5.41) is 0. The van der Waals surface area contributed by atoms with Gasteiger partial charge in [0, 0.05) is 0 Å². The van der Waals surface area contributed by atoms with Crippen LogP contribution in [-0.2, 0) is 0 Å². The topological polar surface area (TPSA) is 0 Å². The minimum atomic E-state index is 0.413. The van der Waals surface area contributed by atoms with Crippen molar-refractivity contribution in [1.29, 1.82) is 0 Å². The molecule has 4 saturated carbocycles. The number of hydrogen-bond acceptors (Lipinski definition) is 0. The van der Waals surface area contributed by atoms with E-state index in [4.69, 9.17) is 0 Å². The summed E-state index contributed by atoms with van der Waals surface area (Å²) in [6, 6.07) is 0. The van der Waals surface area contributed by atoms with E-state index in [-0.39, 0.29) is 0 Å². The van der Waals surface area contributed by atoms with Crippen LogP contribution >= 0.6 is 0 Å². The lowest BCUT2D eigenvalue weighted by Gasteiger charge is -2.72. The van der Waals surface area contributed by atoms with E-state index in [0.29, 0.717) is 27.1 Å². The van der Waals surface area contributed by atoms with Crippen molar-refractivity contribution in [3.8, 4) is 0 Å². The predicted octanol–water partition coefficient (Wildman–Crippen LogP) is 8.91. The third-order valence-electron chi connectivity index (χ3n) is 13.0. The lowest BCUT2D eigenvalue weighted by atomic mass is 9.33. The number of allylic oxidation sites excluding steroid dienone is 2. The van der Waals surface area contributed by atoms with Crippen LogP contribution in [0.25, 0.3) is 0 Å². The van der Waals surface area contributed by atoms with Crippen LogP contribution < -0.4 is 0 Å². The SMILES string of the molecule is CC(C)C1CCC2(C)CCC3(C)C(CCC4C5(C)C=CCC(C)(C)C5CCC43C)C12. The van der Waals surface area contributed by atoms with Gasteiger partial charge in [-0.3, -0.25) is 0 Å². The van der Waals surface area contributed by atoms with Crippen LogP contribution in [-0.4, -0.2) is 0 Å². The van der Waals surface area contributed by atoms with Gasteiger partial charge in [0.15, 0.2) is 0 Å². The van der Waals surface area contributed by atoms with E-state index in [2.05, 4.69) is 67.5 Å². The molecule has 0 N–H and O–H groups in total. The average Bonchev–Trinajstić information content (AvgIpc) is 2.99. The van der Waals surface area contributed by atoms with Crippen molar-refractivity contribution < 1.29 is 0 Å². The summed E-state index contributed by atoms with van der Waals surface area (Å²) in [4.78, 5) is 0. The molecular formula is C30H50. The second-order valence-electron chi connectivity index (χ2n) is 14.8. The summed E-state index contributed by atoms with van der Waals surface area (Å²) in [5.41, 5.74) is 2.58. The molecule has 0 aromatic carbocycles. The maximum absolute atomic E-state index is 2.79. The quantitative estimate of drug-likeness (QED) is 0.378. The fourth-order valence-corrected chi connectivity index (χ4v) is 11.3. The second kappa shape index (κ2) is 6.41. The molecule has 9 atom stereocenters. The average molecular weight is 411 g/mol. The first-order valence-corrected chi connectivity index (χ1v) is 13.6. The van der Waals surface area contributed by atoms with Crippen molar-refractivity contribution in [3.05, 3.63) is 12.2 Å².